The van der Waals surface area contributed by atoms with Crippen molar-refractivity contribution in [1.82, 2.24) is 14.8 Å². The van der Waals surface area contributed by atoms with Crippen LogP contribution in [-0.4, -0.2) is 23.2 Å². The molecule has 0 saturated carbocycles. The molecule has 0 unspecified atom stereocenters. The number of nitrogens with one attached hydrogen (secondary N) is 1. The molecule has 132 valence electrons. The average Bonchev–Trinajstić information content (AvgIpc) is 3.18. The Labute approximate surface area is 159 Å². The Morgan fingerprint density at radius 3 is 2.81 bits per heavy atom. The zero-order chi connectivity index (χ0) is 18.3. The maximum Gasteiger partial charge on any atom is 0.264 e. The number of aromatic nitrogens is 3. The van der Waals surface area contributed by atoms with Crippen molar-refractivity contribution in [3.05, 3.63) is 64.8 Å². The van der Waals surface area contributed by atoms with E-state index in [1.54, 1.807) is 48.8 Å². The number of pyridine rings is 1. The van der Waals surface area contributed by atoms with Gasteiger partial charge in [-0.3, -0.25) is 4.72 Å². The largest absolute Gasteiger partial charge is 0.264 e. The Hall–Kier alpha value is -2.42. The fourth-order valence-corrected chi connectivity index (χ4v) is 5.28. The number of hydrogen-bond acceptors (Lipinski definition) is 5. The molecule has 4 aromatic rings. The fourth-order valence-electron chi connectivity index (χ4n) is 2.60. The molecule has 3 aromatic heterocycles. The lowest BCUT2D eigenvalue weighted by molar-refractivity contribution is 0.601. The van der Waals surface area contributed by atoms with Crippen LogP contribution in [0.1, 0.15) is 5.69 Å². The van der Waals surface area contributed by atoms with E-state index in [0.717, 1.165) is 4.70 Å². The van der Waals surface area contributed by atoms with Crippen LogP contribution in [0.3, 0.4) is 0 Å². The second-order valence-electron chi connectivity index (χ2n) is 5.62. The molecule has 0 amide bonds. The van der Waals surface area contributed by atoms with E-state index in [0.29, 0.717) is 27.7 Å². The topological polar surface area (TPSA) is 76.9 Å². The Bertz CT molecular complexity index is 1200. The zero-order valence-corrected chi connectivity index (χ0v) is 15.9. The summed E-state index contributed by atoms with van der Waals surface area (Å²) in [5.41, 5.74) is 0.673. The summed E-state index contributed by atoms with van der Waals surface area (Å²) in [6, 6.07) is 12.2. The first-order valence-corrected chi connectivity index (χ1v) is 10.4. The van der Waals surface area contributed by atoms with Gasteiger partial charge in [0, 0.05) is 32.8 Å². The smallest absolute Gasteiger partial charge is 0.263 e. The second-order valence-corrected chi connectivity index (χ2v) is 8.62. The van der Waals surface area contributed by atoms with Crippen molar-refractivity contribution in [3.8, 4) is 5.82 Å². The highest BCUT2D eigenvalue weighted by Crippen LogP contribution is 2.32. The molecule has 0 radical (unpaired) electrons. The monoisotopic (exact) mass is 404 g/mol. The molecule has 1 N–H and O–H groups in total. The van der Waals surface area contributed by atoms with Gasteiger partial charge in [0.2, 0.25) is 0 Å². The molecule has 6 nitrogen and oxygen atoms in total. The summed E-state index contributed by atoms with van der Waals surface area (Å²) in [6.45, 7) is 1.79. The van der Waals surface area contributed by atoms with E-state index >= 15 is 0 Å². The van der Waals surface area contributed by atoms with Crippen molar-refractivity contribution >= 4 is 48.9 Å². The number of thiophene rings is 1. The lowest BCUT2D eigenvalue weighted by atomic mass is 10.3. The normalized spacial score (nSPS) is 11.8. The Morgan fingerprint density at radius 1 is 1.19 bits per heavy atom. The third-order valence-corrected chi connectivity index (χ3v) is 6.47. The molecule has 1 aromatic carbocycles. The van der Waals surface area contributed by atoms with Crippen LogP contribution in [0.15, 0.2) is 58.9 Å². The molecule has 26 heavy (non-hydrogen) atoms. The van der Waals surface area contributed by atoms with Gasteiger partial charge in [-0.25, -0.2) is 13.4 Å². The molecule has 0 atom stereocenters. The van der Waals surface area contributed by atoms with Crippen molar-refractivity contribution in [2.24, 2.45) is 0 Å². The molecule has 4 rings (SSSR count). The predicted molar refractivity (Wildman–Crippen MR) is 104 cm³/mol. The van der Waals surface area contributed by atoms with E-state index in [9.17, 15) is 8.42 Å². The molecule has 0 aliphatic heterocycles. The highest BCUT2D eigenvalue weighted by atomic mass is 35.5. The molecule has 3 heterocycles. The van der Waals surface area contributed by atoms with Gasteiger partial charge in [0.25, 0.3) is 10.0 Å². The minimum absolute atomic E-state index is 0.187. The van der Waals surface area contributed by atoms with Gasteiger partial charge in [-0.1, -0.05) is 17.7 Å². The SMILES string of the molecule is Cc1cc(NS(=O)(=O)c2csc3ccc(Cl)cc23)n(-c2ccccn2)n1. The van der Waals surface area contributed by atoms with Gasteiger partial charge in [-0.2, -0.15) is 9.78 Å². The van der Waals surface area contributed by atoms with Crippen LogP contribution in [-0.2, 0) is 10.0 Å². The highest BCUT2D eigenvalue weighted by Gasteiger charge is 2.22. The van der Waals surface area contributed by atoms with Crippen LogP contribution < -0.4 is 4.72 Å². The standard InChI is InChI=1S/C17H13ClN4O2S2/c1-11-8-17(22(20-11)16-4-2-3-7-19-16)21-26(23,24)15-10-25-14-6-5-12(18)9-13(14)15/h2-10,21H,1H3. The first-order chi connectivity index (χ1) is 12.4. The second kappa shape index (κ2) is 6.39. The van der Waals surface area contributed by atoms with Crippen LogP contribution in [0.2, 0.25) is 5.02 Å². The number of sulfonamides is 1. The fraction of sp³-hybridized carbons (Fsp3) is 0.0588. The summed E-state index contributed by atoms with van der Waals surface area (Å²) in [7, 11) is -3.82. The third-order valence-electron chi connectivity index (χ3n) is 3.73. The van der Waals surface area contributed by atoms with Gasteiger partial charge < -0.3 is 0 Å². The van der Waals surface area contributed by atoms with Crippen LogP contribution in [0.25, 0.3) is 15.9 Å². The van der Waals surface area contributed by atoms with E-state index in [2.05, 4.69) is 14.8 Å². The number of anilines is 1. The maximum atomic E-state index is 13.0. The van der Waals surface area contributed by atoms with Crippen LogP contribution in [0, 0.1) is 6.92 Å². The quantitative estimate of drug-likeness (QED) is 0.551. The number of hydrogen-bond donors (Lipinski definition) is 1. The van der Waals surface area contributed by atoms with Crippen LogP contribution in [0.4, 0.5) is 5.82 Å². The average molecular weight is 405 g/mol. The lowest BCUT2D eigenvalue weighted by Crippen LogP contribution is -2.16. The number of fused-ring (bicyclic) bond motifs is 1. The number of benzene rings is 1. The molecule has 9 heteroatoms. The molecular formula is C17H13ClN4O2S2. The van der Waals surface area contributed by atoms with E-state index < -0.39 is 10.0 Å². The number of aryl methyl sites for hydroxylation is 1. The third kappa shape index (κ3) is 3.07. The van der Waals surface area contributed by atoms with Gasteiger partial charge in [0.05, 0.1) is 5.69 Å². The van der Waals surface area contributed by atoms with E-state index in [4.69, 9.17) is 11.6 Å². The molecule has 0 saturated heterocycles. The Balaban J connectivity index is 1.78. The lowest BCUT2D eigenvalue weighted by Gasteiger charge is -2.09. The molecule has 0 aliphatic rings. The Kier molecular flexibility index (Phi) is 4.18. The highest BCUT2D eigenvalue weighted by molar-refractivity contribution is 7.93. The molecule has 0 bridgehead atoms. The summed E-state index contributed by atoms with van der Waals surface area (Å²) in [6.07, 6.45) is 1.62. The van der Waals surface area contributed by atoms with Gasteiger partial charge in [0.1, 0.15) is 10.7 Å². The Morgan fingerprint density at radius 2 is 2.04 bits per heavy atom. The van der Waals surface area contributed by atoms with Crippen molar-refractivity contribution in [3.63, 3.8) is 0 Å². The van der Waals surface area contributed by atoms with Crippen molar-refractivity contribution in [1.29, 1.82) is 0 Å². The summed E-state index contributed by atoms with van der Waals surface area (Å²) in [5, 5.41) is 7.02. The van der Waals surface area contributed by atoms with E-state index in [-0.39, 0.29) is 4.90 Å². The summed E-state index contributed by atoms with van der Waals surface area (Å²) in [5.74, 6) is 0.846. The first-order valence-electron chi connectivity index (χ1n) is 7.62. The van der Waals surface area contributed by atoms with Gasteiger partial charge in [0.15, 0.2) is 5.82 Å². The molecule has 0 spiro atoms. The molecule has 0 fully saturated rings. The summed E-state index contributed by atoms with van der Waals surface area (Å²) in [4.78, 5) is 4.41. The maximum absolute atomic E-state index is 13.0. The van der Waals surface area contributed by atoms with E-state index in [1.807, 2.05) is 12.1 Å². The van der Waals surface area contributed by atoms with Crippen molar-refractivity contribution in [2.45, 2.75) is 11.8 Å². The number of halogens is 1. The zero-order valence-electron chi connectivity index (χ0n) is 13.5. The van der Waals surface area contributed by atoms with Crippen LogP contribution in [0.5, 0.6) is 0 Å². The molecule has 0 aliphatic carbocycles. The van der Waals surface area contributed by atoms with Gasteiger partial charge >= 0.3 is 0 Å². The van der Waals surface area contributed by atoms with E-state index in [1.165, 1.54) is 16.0 Å². The van der Waals surface area contributed by atoms with Crippen molar-refractivity contribution in [2.75, 3.05) is 4.72 Å². The summed E-state index contributed by atoms with van der Waals surface area (Å²) >= 11 is 7.39. The minimum Gasteiger partial charge on any atom is -0.263 e. The number of nitrogens with zero attached hydrogens (tertiary/aromatic N) is 3. The summed E-state index contributed by atoms with van der Waals surface area (Å²) < 4.78 is 30.9. The van der Waals surface area contributed by atoms with Gasteiger partial charge in [-0.05, 0) is 37.3 Å². The van der Waals surface area contributed by atoms with Crippen LogP contribution >= 0.6 is 22.9 Å². The van der Waals surface area contributed by atoms with Gasteiger partial charge in [-0.15, -0.1) is 11.3 Å². The van der Waals surface area contributed by atoms with Crippen molar-refractivity contribution < 1.29 is 8.42 Å². The minimum atomic E-state index is -3.82. The molecular weight excluding hydrogens is 392 g/mol. The first kappa shape index (κ1) is 17.0. The predicted octanol–water partition coefficient (Wildman–Crippen LogP) is 4.24. The number of rotatable bonds is 4.